The largest absolute Gasteiger partial charge is 0.492 e. The molecule has 0 amide bonds. The van der Waals surface area contributed by atoms with Crippen LogP contribution in [-0.4, -0.2) is 43.7 Å². The van der Waals surface area contributed by atoms with Crippen LogP contribution in [0.1, 0.15) is 19.3 Å². The average Bonchev–Trinajstić information content (AvgIpc) is 2.48. The van der Waals surface area contributed by atoms with Crippen LogP contribution >= 0.6 is 0 Å². The minimum Gasteiger partial charge on any atom is -0.492 e. The fourth-order valence-electron chi connectivity index (χ4n) is 3.33. The van der Waals surface area contributed by atoms with E-state index in [1.807, 2.05) is 30.3 Å². The van der Waals surface area contributed by atoms with E-state index in [0.717, 1.165) is 30.9 Å². The predicted molar refractivity (Wildman–Crippen MR) is 77.5 cm³/mol. The summed E-state index contributed by atoms with van der Waals surface area (Å²) in [5.74, 6) is 1.84. The fourth-order valence-corrected chi connectivity index (χ4v) is 3.33. The van der Waals surface area contributed by atoms with Crippen LogP contribution in [-0.2, 0) is 0 Å². The highest BCUT2D eigenvalue weighted by Crippen LogP contribution is 2.24. The molecule has 3 heteroatoms. The lowest BCUT2D eigenvalue weighted by Crippen LogP contribution is -2.52. The third kappa shape index (κ3) is 3.48. The number of nitrogens with zero attached hydrogens (tertiary/aromatic N) is 1. The summed E-state index contributed by atoms with van der Waals surface area (Å²) >= 11 is 0. The molecule has 1 aromatic carbocycles. The van der Waals surface area contributed by atoms with E-state index in [1.54, 1.807) is 0 Å². The first-order valence-corrected chi connectivity index (χ1v) is 7.55. The zero-order valence-corrected chi connectivity index (χ0v) is 11.6. The maximum Gasteiger partial charge on any atom is 0.119 e. The molecule has 3 nitrogen and oxygen atoms in total. The Morgan fingerprint density at radius 2 is 2.11 bits per heavy atom. The molecule has 2 unspecified atom stereocenters. The van der Waals surface area contributed by atoms with Gasteiger partial charge in [0.2, 0.25) is 0 Å². The number of ether oxygens (including phenoxy) is 1. The first-order valence-electron chi connectivity index (χ1n) is 7.55. The molecular weight excluding hydrogens is 236 g/mol. The van der Waals surface area contributed by atoms with Crippen molar-refractivity contribution in [2.75, 3.05) is 32.8 Å². The molecule has 2 atom stereocenters. The minimum absolute atomic E-state index is 0.778. The molecule has 2 fully saturated rings. The van der Waals surface area contributed by atoms with Crippen molar-refractivity contribution in [3.05, 3.63) is 30.3 Å². The second-order valence-corrected chi connectivity index (χ2v) is 5.71. The van der Waals surface area contributed by atoms with E-state index >= 15 is 0 Å². The normalized spacial score (nSPS) is 27.8. The first-order chi connectivity index (χ1) is 9.42. The Morgan fingerprint density at radius 3 is 3.00 bits per heavy atom. The highest BCUT2D eigenvalue weighted by Gasteiger charge is 2.30. The Labute approximate surface area is 115 Å². The van der Waals surface area contributed by atoms with E-state index in [4.69, 9.17) is 4.74 Å². The van der Waals surface area contributed by atoms with Gasteiger partial charge < -0.3 is 10.1 Å². The quantitative estimate of drug-likeness (QED) is 0.897. The van der Waals surface area contributed by atoms with E-state index in [0.29, 0.717) is 0 Å². The number of benzene rings is 1. The molecule has 0 bridgehead atoms. The van der Waals surface area contributed by atoms with Crippen molar-refractivity contribution in [3.8, 4) is 5.75 Å². The lowest BCUT2D eigenvalue weighted by Gasteiger charge is -2.41. The molecule has 0 aromatic heterocycles. The molecule has 0 aliphatic carbocycles. The van der Waals surface area contributed by atoms with Gasteiger partial charge in [0.1, 0.15) is 12.4 Å². The Morgan fingerprint density at radius 1 is 1.21 bits per heavy atom. The third-order valence-electron chi connectivity index (χ3n) is 4.40. The monoisotopic (exact) mass is 260 g/mol. The summed E-state index contributed by atoms with van der Waals surface area (Å²) in [6.07, 6.45) is 4.04. The van der Waals surface area contributed by atoms with Gasteiger partial charge in [0.25, 0.3) is 0 Å². The minimum atomic E-state index is 0.778. The van der Waals surface area contributed by atoms with E-state index in [1.165, 1.54) is 38.9 Å². The standard InChI is InChI=1S/C16H24N2O/c1-2-6-15(7-3-1)19-12-11-18-10-8-16-14(13-18)5-4-9-17-16/h1-3,6-7,14,16-17H,4-5,8-13H2. The molecule has 104 valence electrons. The molecule has 2 aliphatic rings. The SMILES string of the molecule is c1ccc(OCCN2CCC3NCCCC3C2)cc1. The topological polar surface area (TPSA) is 24.5 Å². The molecule has 19 heavy (non-hydrogen) atoms. The number of nitrogens with one attached hydrogen (secondary N) is 1. The van der Waals surface area contributed by atoms with E-state index < -0.39 is 0 Å². The third-order valence-corrected chi connectivity index (χ3v) is 4.40. The van der Waals surface area contributed by atoms with Crippen molar-refractivity contribution in [2.45, 2.75) is 25.3 Å². The highest BCUT2D eigenvalue weighted by molar-refractivity contribution is 5.20. The van der Waals surface area contributed by atoms with Crippen molar-refractivity contribution < 1.29 is 4.74 Å². The molecule has 0 radical (unpaired) electrons. The van der Waals surface area contributed by atoms with E-state index in [-0.39, 0.29) is 0 Å². The molecule has 1 N–H and O–H groups in total. The summed E-state index contributed by atoms with van der Waals surface area (Å²) in [4.78, 5) is 2.57. The van der Waals surface area contributed by atoms with Gasteiger partial charge in [0.05, 0.1) is 0 Å². The van der Waals surface area contributed by atoms with Crippen molar-refractivity contribution in [1.82, 2.24) is 10.2 Å². The zero-order valence-electron chi connectivity index (χ0n) is 11.6. The number of likely N-dealkylation sites (tertiary alicyclic amines) is 1. The number of rotatable bonds is 4. The molecule has 2 heterocycles. The lowest BCUT2D eigenvalue weighted by atomic mass is 9.85. The Hall–Kier alpha value is -1.06. The van der Waals surface area contributed by atoms with Crippen molar-refractivity contribution in [2.24, 2.45) is 5.92 Å². The van der Waals surface area contributed by atoms with Crippen LogP contribution in [0.3, 0.4) is 0 Å². The number of para-hydroxylation sites is 1. The van der Waals surface area contributed by atoms with Gasteiger partial charge in [-0.15, -0.1) is 0 Å². The Balaban J connectivity index is 1.41. The summed E-state index contributed by atoms with van der Waals surface area (Å²) in [6.45, 7) is 5.54. The highest BCUT2D eigenvalue weighted by atomic mass is 16.5. The summed E-state index contributed by atoms with van der Waals surface area (Å²) in [7, 11) is 0. The van der Waals surface area contributed by atoms with Crippen LogP contribution in [0.25, 0.3) is 0 Å². The van der Waals surface area contributed by atoms with Crippen LogP contribution in [0, 0.1) is 5.92 Å². The molecule has 1 aromatic rings. The molecular formula is C16H24N2O. The van der Waals surface area contributed by atoms with Gasteiger partial charge in [-0.1, -0.05) is 18.2 Å². The molecule has 2 aliphatic heterocycles. The lowest BCUT2D eigenvalue weighted by molar-refractivity contribution is 0.100. The number of fused-ring (bicyclic) bond motifs is 1. The van der Waals surface area contributed by atoms with Crippen LogP contribution in [0.5, 0.6) is 5.75 Å². The van der Waals surface area contributed by atoms with Gasteiger partial charge in [0.15, 0.2) is 0 Å². The number of hydrogen-bond donors (Lipinski definition) is 1. The first kappa shape index (κ1) is 12.9. The molecule has 3 rings (SSSR count). The maximum absolute atomic E-state index is 5.79. The molecule has 0 spiro atoms. The van der Waals surface area contributed by atoms with Gasteiger partial charge >= 0.3 is 0 Å². The van der Waals surface area contributed by atoms with Crippen LogP contribution in [0.2, 0.25) is 0 Å². The van der Waals surface area contributed by atoms with Crippen molar-refractivity contribution in [1.29, 1.82) is 0 Å². The Kier molecular flexibility index (Phi) is 4.36. The summed E-state index contributed by atoms with van der Waals surface area (Å²) < 4.78 is 5.79. The van der Waals surface area contributed by atoms with E-state index in [2.05, 4.69) is 10.2 Å². The van der Waals surface area contributed by atoms with Crippen molar-refractivity contribution >= 4 is 0 Å². The number of hydrogen-bond acceptors (Lipinski definition) is 3. The van der Waals surface area contributed by atoms with Gasteiger partial charge in [-0.2, -0.15) is 0 Å². The van der Waals surface area contributed by atoms with Crippen molar-refractivity contribution in [3.63, 3.8) is 0 Å². The molecule has 2 saturated heterocycles. The van der Waals surface area contributed by atoms with Gasteiger partial charge in [-0.25, -0.2) is 0 Å². The van der Waals surface area contributed by atoms with Crippen LogP contribution in [0.15, 0.2) is 30.3 Å². The van der Waals surface area contributed by atoms with Gasteiger partial charge in [-0.05, 0) is 50.4 Å². The van der Waals surface area contributed by atoms with Crippen LogP contribution < -0.4 is 10.1 Å². The van der Waals surface area contributed by atoms with Gasteiger partial charge in [0, 0.05) is 19.1 Å². The second kappa shape index (κ2) is 6.40. The Bertz CT molecular complexity index is 382. The van der Waals surface area contributed by atoms with Crippen LogP contribution in [0.4, 0.5) is 0 Å². The number of piperidine rings is 2. The van der Waals surface area contributed by atoms with E-state index in [9.17, 15) is 0 Å². The summed E-state index contributed by atoms with van der Waals surface area (Å²) in [5, 5.41) is 3.67. The predicted octanol–water partition coefficient (Wildman–Crippen LogP) is 2.14. The second-order valence-electron chi connectivity index (χ2n) is 5.71. The zero-order chi connectivity index (χ0) is 12.9. The average molecular weight is 260 g/mol. The molecule has 0 saturated carbocycles. The summed E-state index contributed by atoms with van der Waals surface area (Å²) in [6, 6.07) is 10.9. The fraction of sp³-hybridized carbons (Fsp3) is 0.625. The van der Waals surface area contributed by atoms with Gasteiger partial charge in [-0.3, -0.25) is 4.90 Å². The maximum atomic E-state index is 5.79. The smallest absolute Gasteiger partial charge is 0.119 e. The summed E-state index contributed by atoms with van der Waals surface area (Å²) in [5.41, 5.74) is 0.